The maximum atomic E-state index is 11.8. The molecular formula is C15H19N5O2. The van der Waals surface area contributed by atoms with Gasteiger partial charge in [0.25, 0.3) is 0 Å². The molecule has 0 radical (unpaired) electrons. The van der Waals surface area contributed by atoms with Gasteiger partial charge < -0.3 is 15.1 Å². The van der Waals surface area contributed by atoms with Crippen molar-refractivity contribution in [2.75, 3.05) is 0 Å². The molecule has 7 nitrogen and oxygen atoms in total. The third-order valence-electron chi connectivity index (χ3n) is 3.73. The first-order chi connectivity index (χ1) is 10.8. The highest BCUT2D eigenvalue weighted by Crippen LogP contribution is 2.17. The zero-order valence-corrected chi connectivity index (χ0v) is 12.3. The molecule has 3 rings (SSSR count). The summed E-state index contributed by atoms with van der Waals surface area (Å²) in [5, 5.41) is 13.6. The molecular weight excluding hydrogens is 282 g/mol. The Labute approximate surface area is 128 Å². The average molecular weight is 301 g/mol. The van der Waals surface area contributed by atoms with Crippen molar-refractivity contribution in [1.29, 1.82) is 0 Å². The Morgan fingerprint density at radius 1 is 1.18 bits per heavy atom. The third kappa shape index (κ3) is 3.81. The highest BCUT2D eigenvalue weighted by Gasteiger charge is 2.16. The van der Waals surface area contributed by atoms with Crippen molar-refractivity contribution in [3.05, 3.63) is 30.4 Å². The second kappa shape index (κ2) is 7.02. The van der Waals surface area contributed by atoms with Crippen LogP contribution in [0.5, 0.6) is 0 Å². The van der Waals surface area contributed by atoms with Gasteiger partial charge in [-0.3, -0.25) is 4.98 Å². The lowest BCUT2D eigenvalue weighted by atomic mass is 9.96. The van der Waals surface area contributed by atoms with Gasteiger partial charge in [0.2, 0.25) is 11.8 Å². The van der Waals surface area contributed by atoms with E-state index in [1.807, 2.05) is 0 Å². The lowest BCUT2D eigenvalue weighted by Gasteiger charge is -2.22. The minimum absolute atomic E-state index is 0.185. The molecule has 0 aromatic carbocycles. The van der Waals surface area contributed by atoms with Gasteiger partial charge in [-0.1, -0.05) is 19.3 Å². The zero-order chi connectivity index (χ0) is 15.2. The SMILES string of the molecule is O=C(NCc1nnc(-c2ccncc2)o1)NC1CCCCC1. The smallest absolute Gasteiger partial charge is 0.315 e. The van der Waals surface area contributed by atoms with Gasteiger partial charge in [-0.2, -0.15) is 0 Å². The Morgan fingerprint density at radius 2 is 1.95 bits per heavy atom. The average Bonchev–Trinajstić information content (AvgIpc) is 3.04. The largest absolute Gasteiger partial charge is 0.419 e. The molecule has 2 aromatic rings. The van der Waals surface area contributed by atoms with E-state index in [0.29, 0.717) is 11.8 Å². The van der Waals surface area contributed by atoms with Crippen molar-refractivity contribution in [2.45, 2.75) is 44.7 Å². The fraction of sp³-hybridized carbons (Fsp3) is 0.467. The minimum atomic E-state index is -0.185. The van der Waals surface area contributed by atoms with Crippen molar-refractivity contribution in [3.8, 4) is 11.5 Å². The first kappa shape index (κ1) is 14.5. The van der Waals surface area contributed by atoms with Gasteiger partial charge in [0, 0.05) is 24.0 Å². The van der Waals surface area contributed by atoms with E-state index in [0.717, 1.165) is 18.4 Å². The predicted molar refractivity (Wildman–Crippen MR) is 79.8 cm³/mol. The second-order valence-corrected chi connectivity index (χ2v) is 5.40. The van der Waals surface area contributed by atoms with E-state index in [2.05, 4.69) is 25.8 Å². The summed E-state index contributed by atoms with van der Waals surface area (Å²) in [6.45, 7) is 0.219. The highest BCUT2D eigenvalue weighted by molar-refractivity contribution is 5.74. The van der Waals surface area contributed by atoms with Gasteiger partial charge in [-0.25, -0.2) is 4.79 Å². The molecule has 2 N–H and O–H groups in total. The van der Waals surface area contributed by atoms with Crippen LogP contribution in [0.1, 0.15) is 38.0 Å². The van der Waals surface area contributed by atoms with E-state index in [1.165, 1.54) is 19.3 Å². The number of pyridine rings is 1. The van der Waals surface area contributed by atoms with E-state index >= 15 is 0 Å². The maximum absolute atomic E-state index is 11.8. The van der Waals surface area contributed by atoms with Gasteiger partial charge in [0.1, 0.15) is 0 Å². The van der Waals surface area contributed by atoms with Gasteiger partial charge in [0.05, 0.1) is 6.54 Å². The van der Waals surface area contributed by atoms with Crippen LogP contribution < -0.4 is 10.6 Å². The zero-order valence-electron chi connectivity index (χ0n) is 12.3. The van der Waals surface area contributed by atoms with E-state index in [4.69, 9.17) is 4.42 Å². The first-order valence-corrected chi connectivity index (χ1v) is 7.58. The van der Waals surface area contributed by atoms with Crippen molar-refractivity contribution < 1.29 is 9.21 Å². The number of carbonyl (C=O) groups is 1. The molecule has 0 saturated heterocycles. The van der Waals surface area contributed by atoms with Crippen molar-refractivity contribution >= 4 is 6.03 Å². The van der Waals surface area contributed by atoms with Crippen LogP contribution >= 0.6 is 0 Å². The van der Waals surface area contributed by atoms with Gasteiger partial charge in [-0.05, 0) is 25.0 Å². The van der Waals surface area contributed by atoms with Crippen LogP contribution in [0.15, 0.2) is 28.9 Å². The van der Waals surface area contributed by atoms with Crippen LogP contribution in [-0.4, -0.2) is 27.3 Å². The number of amides is 2. The fourth-order valence-corrected chi connectivity index (χ4v) is 2.58. The summed E-state index contributed by atoms with van der Waals surface area (Å²) in [4.78, 5) is 15.8. The summed E-state index contributed by atoms with van der Waals surface area (Å²) in [6.07, 6.45) is 9.07. The molecule has 0 bridgehead atoms. The van der Waals surface area contributed by atoms with E-state index in [9.17, 15) is 4.79 Å². The molecule has 0 aliphatic heterocycles. The maximum Gasteiger partial charge on any atom is 0.315 e. The van der Waals surface area contributed by atoms with Gasteiger partial charge in [0.15, 0.2) is 0 Å². The Balaban J connectivity index is 1.49. The van der Waals surface area contributed by atoms with Gasteiger partial charge in [-0.15, -0.1) is 10.2 Å². The number of rotatable bonds is 4. The summed E-state index contributed by atoms with van der Waals surface area (Å²) < 4.78 is 5.52. The molecule has 7 heteroatoms. The van der Waals surface area contributed by atoms with E-state index in [-0.39, 0.29) is 18.6 Å². The minimum Gasteiger partial charge on any atom is -0.419 e. The Bertz CT molecular complexity index is 607. The third-order valence-corrected chi connectivity index (χ3v) is 3.73. The molecule has 0 unspecified atom stereocenters. The molecule has 22 heavy (non-hydrogen) atoms. The quantitative estimate of drug-likeness (QED) is 0.903. The van der Waals surface area contributed by atoms with Crippen molar-refractivity contribution in [1.82, 2.24) is 25.8 Å². The summed E-state index contributed by atoms with van der Waals surface area (Å²) in [5.41, 5.74) is 0.806. The fourth-order valence-electron chi connectivity index (χ4n) is 2.58. The van der Waals surface area contributed by atoms with Crippen LogP contribution in [0.4, 0.5) is 4.79 Å². The predicted octanol–water partition coefficient (Wildman–Crippen LogP) is 2.26. The standard InChI is InChI=1S/C15H19N5O2/c21-15(18-12-4-2-1-3-5-12)17-10-13-19-20-14(22-13)11-6-8-16-9-7-11/h6-9,12H,1-5,10H2,(H2,17,18,21). The van der Waals surface area contributed by atoms with Crippen LogP contribution in [0, 0.1) is 0 Å². The van der Waals surface area contributed by atoms with E-state index in [1.54, 1.807) is 24.5 Å². The number of hydrogen-bond acceptors (Lipinski definition) is 5. The molecule has 116 valence electrons. The molecule has 0 atom stereocenters. The monoisotopic (exact) mass is 301 g/mol. The number of nitrogens with one attached hydrogen (secondary N) is 2. The molecule has 2 heterocycles. The number of urea groups is 1. The number of nitrogens with zero attached hydrogens (tertiary/aromatic N) is 3. The summed E-state index contributed by atoms with van der Waals surface area (Å²) in [6, 6.07) is 3.68. The van der Waals surface area contributed by atoms with Crippen LogP contribution in [-0.2, 0) is 6.54 Å². The van der Waals surface area contributed by atoms with E-state index < -0.39 is 0 Å². The van der Waals surface area contributed by atoms with Crippen LogP contribution in [0.2, 0.25) is 0 Å². The second-order valence-electron chi connectivity index (χ2n) is 5.40. The van der Waals surface area contributed by atoms with Crippen LogP contribution in [0.3, 0.4) is 0 Å². The molecule has 1 saturated carbocycles. The van der Waals surface area contributed by atoms with Crippen molar-refractivity contribution in [3.63, 3.8) is 0 Å². The van der Waals surface area contributed by atoms with Crippen molar-refractivity contribution in [2.24, 2.45) is 0 Å². The molecule has 1 aliphatic carbocycles. The Hall–Kier alpha value is -2.44. The van der Waals surface area contributed by atoms with Gasteiger partial charge >= 0.3 is 6.03 Å². The normalized spacial score (nSPS) is 15.5. The lowest BCUT2D eigenvalue weighted by Crippen LogP contribution is -2.42. The summed E-state index contributed by atoms with van der Waals surface area (Å²) in [5.74, 6) is 0.803. The lowest BCUT2D eigenvalue weighted by molar-refractivity contribution is 0.231. The topological polar surface area (TPSA) is 92.9 Å². The highest BCUT2D eigenvalue weighted by atomic mass is 16.4. The Morgan fingerprint density at radius 3 is 2.73 bits per heavy atom. The summed E-state index contributed by atoms with van der Waals surface area (Å²) >= 11 is 0. The molecule has 2 aromatic heterocycles. The number of aromatic nitrogens is 3. The first-order valence-electron chi connectivity index (χ1n) is 7.58. The Kier molecular flexibility index (Phi) is 4.62. The molecule has 1 aliphatic rings. The summed E-state index contributed by atoms with van der Waals surface area (Å²) in [7, 11) is 0. The number of hydrogen-bond donors (Lipinski definition) is 2. The molecule has 2 amide bonds. The van der Waals surface area contributed by atoms with Crippen LogP contribution in [0.25, 0.3) is 11.5 Å². The molecule has 0 spiro atoms. The molecule has 1 fully saturated rings. The number of carbonyl (C=O) groups excluding carboxylic acids is 1.